The molecule has 3 aromatic heterocycles. The molecule has 45 heavy (non-hydrogen) atoms. The van der Waals surface area contributed by atoms with Gasteiger partial charge in [-0.3, -0.25) is 9.79 Å². The number of Topliss-reactive ketones (excluding diaryl/α,β-unsaturated/α-hetero) is 1. The molecule has 2 aliphatic heterocycles. The fourth-order valence-electron chi connectivity index (χ4n) is 5.35. The molecule has 0 unspecified atom stereocenters. The number of benzene rings is 2. The summed E-state index contributed by atoms with van der Waals surface area (Å²) < 4.78 is 52.4. The molecule has 228 valence electrons. The number of carbonyl (C=O) groups is 1. The van der Waals surface area contributed by atoms with Gasteiger partial charge in [-0.15, -0.1) is 5.10 Å². The van der Waals surface area contributed by atoms with Gasteiger partial charge in [0.05, 0.1) is 37.0 Å². The van der Waals surface area contributed by atoms with E-state index in [2.05, 4.69) is 25.6 Å². The number of alkyl halides is 3. The van der Waals surface area contributed by atoms with E-state index >= 15 is 0 Å². The Bertz CT molecular complexity index is 1860. The number of aliphatic imine (C=N–C) groups is 1. The van der Waals surface area contributed by atoms with Crippen molar-refractivity contribution in [2.75, 3.05) is 36.5 Å². The number of nitrogens with zero attached hydrogens (tertiary/aromatic N) is 7. The van der Waals surface area contributed by atoms with E-state index in [-0.39, 0.29) is 24.1 Å². The van der Waals surface area contributed by atoms with Gasteiger partial charge in [0, 0.05) is 30.6 Å². The maximum absolute atomic E-state index is 13.4. The van der Waals surface area contributed by atoms with E-state index in [1.54, 1.807) is 0 Å². The lowest BCUT2D eigenvalue weighted by Gasteiger charge is -2.29. The Balaban J connectivity index is 1.22. The fraction of sp³-hybridized carbons (Fsp3) is 0.226. The number of ether oxygens (including phenoxy) is 1. The molecular formula is C31H25F3N8O3. The molecule has 0 spiro atoms. The van der Waals surface area contributed by atoms with Gasteiger partial charge < -0.3 is 19.4 Å². The van der Waals surface area contributed by atoms with Gasteiger partial charge in [0.2, 0.25) is 0 Å². The number of hydrogen-bond donors (Lipinski definition) is 1. The van der Waals surface area contributed by atoms with Crippen molar-refractivity contribution < 1.29 is 27.1 Å². The minimum Gasteiger partial charge on any atom is -0.403 e. The van der Waals surface area contributed by atoms with Crippen molar-refractivity contribution in [2.24, 2.45) is 4.99 Å². The van der Waals surface area contributed by atoms with E-state index in [4.69, 9.17) is 14.1 Å². The van der Waals surface area contributed by atoms with Gasteiger partial charge >= 0.3 is 12.2 Å². The number of nitrogens with one attached hydrogen (secondary N) is 1. The minimum absolute atomic E-state index is 0.0256. The van der Waals surface area contributed by atoms with Gasteiger partial charge in [0.25, 0.3) is 5.89 Å². The average molecular weight is 615 g/mol. The average Bonchev–Trinajstić information content (AvgIpc) is 3.68. The zero-order chi connectivity index (χ0) is 31.0. The lowest BCUT2D eigenvalue weighted by atomic mass is 9.96. The largest absolute Gasteiger partial charge is 0.433 e. The highest BCUT2D eigenvalue weighted by Gasteiger charge is 2.33. The molecule has 1 N–H and O–H groups in total. The molecule has 0 amide bonds. The van der Waals surface area contributed by atoms with Crippen LogP contribution in [0.15, 0.2) is 88.5 Å². The number of ketones is 1. The smallest absolute Gasteiger partial charge is 0.403 e. The molecule has 0 aliphatic carbocycles. The normalized spacial score (nSPS) is 17.0. The Morgan fingerprint density at radius 3 is 2.42 bits per heavy atom. The zero-order valence-corrected chi connectivity index (χ0v) is 23.6. The van der Waals surface area contributed by atoms with Crippen LogP contribution in [0.3, 0.4) is 0 Å². The number of carbonyl (C=O) groups excluding carboxylic acids is 1. The first-order valence-electron chi connectivity index (χ1n) is 14.1. The highest BCUT2D eigenvalue weighted by Crippen LogP contribution is 2.34. The molecule has 2 aliphatic rings. The van der Waals surface area contributed by atoms with Gasteiger partial charge in [-0.25, -0.2) is 9.67 Å². The van der Waals surface area contributed by atoms with Crippen LogP contribution >= 0.6 is 0 Å². The van der Waals surface area contributed by atoms with Crippen LogP contribution < -0.4 is 10.2 Å². The molecule has 5 aromatic rings. The number of fused-ring (bicyclic) bond motifs is 1. The molecule has 14 heteroatoms. The van der Waals surface area contributed by atoms with E-state index in [1.165, 1.54) is 16.9 Å². The van der Waals surface area contributed by atoms with E-state index in [0.717, 1.165) is 29.0 Å². The summed E-state index contributed by atoms with van der Waals surface area (Å²) in [5.74, 6) is 0.451. The Hall–Kier alpha value is -5.37. The van der Waals surface area contributed by atoms with Crippen LogP contribution in [0.25, 0.3) is 17.1 Å². The second-order valence-corrected chi connectivity index (χ2v) is 10.4. The van der Waals surface area contributed by atoms with Gasteiger partial charge in [-0.2, -0.15) is 18.3 Å². The third kappa shape index (κ3) is 5.67. The van der Waals surface area contributed by atoms with Crippen LogP contribution in [-0.2, 0) is 22.1 Å². The Morgan fingerprint density at radius 1 is 0.889 bits per heavy atom. The molecule has 5 heterocycles. The summed E-state index contributed by atoms with van der Waals surface area (Å²) in [6.45, 7) is 1.89. The first-order chi connectivity index (χ1) is 21.8. The topological polar surface area (TPSA) is 124 Å². The van der Waals surface area contributed by atoms with Crippen molar-refractivity contribution in [3.63, 3.8) is 0 Å². The third-order valence-corrected chi connectivity index (χ3v) is 7.50. The van der Waals surface area contributed by atoms with Crippen LogP contribution in [0.2, 0.25) is 0 Å². The molecule has 0 saturated carbocycles. The first kappa shape index (κ1) is 28.4. The molecule has 0 bridgehead atoms. The number of halogens is 3. The molecule has 1 saturated heterocycles. The summed E-state index contributed by atoms with van der Waals surface area (Å²) in [7, 11) is 0. The second kappa shape index (κ2) is 11.6. The van der Waals surface area contributed by atoms with Crippen LogP contribution in [0.4, 0.5) is 25.0 Å². The van der Waals surface area contributed by atoms with E-state index in [0.29, 0.717) is 49.1 Å². The van der Waals surface area contributed by atoms with Crippen LogP contribution in [-0.4, -0.2) is 68.9 Å². The third-order valence-electron chi connectivity index (χ3n) is 7.50. The fourth-order valence-corrected chi connectivity index (χ4v) is 5.35. The summed E-state index contributed by atoms with van der Waals surface area (Å²) in [4.78, 5) is 23.7. The number of hydrogen-bond acceptors (Lipinski definition) is 10. The van der Waals surface area contributed by atoms with Gasteiger partial charge in [0.1, 0.15) is 17.1 Å². The van der Waals surface area contributed by atoms with Crippen molar-refractivity contribution in [1.82, 2.24) is 25.0 Å². The molecule has 1 atom stereocenters. The Morgan fingerprint density at radius 2 is 1.67 bits per heavy atom. The first-order valence-corrected chi connectivity index (χ1v) is 14.1. The number of rotatable bonds is 6. The molecular weight excluding hydrogens is 589 g/mol. The lowest BCUT2D eigenvalue weighted by molar-refractivity contribution is -0.141. The minimum atomic E-state index is -4.57. The van der Waals surface area contributed by atoms with E-state index in [1.807, 2.05) is 59.5 Å². The van der Waals surface area contributed by atoms with E-state index in [9.17, 15) is 18.0 Å². The van der Waals surface area contributed by atoms with Crippen molar-refractivity contribution >= 4 is 23.3 Å². The second-order valence-electron chi connectivity index (χ2n) is 10.4. The van der Waals surface area contributed by atoms with Crippen LogP contribution in [0, 0.1) is 0 Å². The standard InChI is InChI=1S/C31H25F3N8O3/c32-31(33,34)25-11-10-21(17-35-25)42-29(41-12-14-44-15-13-41)23(18-36-42)28-39-40-30(45-28)38-27-24(43)16-20-8-4-5-9-22(20)26(37-27)19-6-2-1-3-7-19/h1-11,17-18,27H,12-16H2,(H,38,40)/t27-/m1/s1. The SMILES string of the molecule is O=C1Cc2ccccc2C(c2ccccc2)=N[C@@H]1Nc1nnc(-c2cnn(-c3ccc(C(F)(F)F)nc3)c2N2CCOCC2)o1. The van der Waals surface area contributed by atoms with Crippen molar-refractivity contribution in [1.29, 1.82) is 0 Å². The summed E-state index contributed by atoms with van der Waals surface area (Å²) in [6.07, 6.45) is -2.80. The van der Waals surface area contributed by atoms with E-state index < -0.39 is 18.0 Å². The molecule has 11 nitrogen and oxygen atoms in total. The molecule has 0 radical (unpaired) electrons. The number of aromatic nitrogens is 5. The lowest BCUT2D eigenvalue weighted by Crippen LogP contribution is -2.37. The Kier molecular flexibility index (Phi) is 7.33. The maximum Gasteiger partial charge on any atom is 0.433 e. The quantitative estimate of drug-likeness (QED) is 0.293. The highest BCUT2D eigenvalue weighted by molar-refractivity contribution is 6.16. The van der Waals surface area contributed by atoms with Gasteiger partial charge in [-0.05, 0) is 17.7 Å². The predicted octanol–water partition coefficient (Wildman–Crippen LogP) is 4.57. The van der Waals surface area contributed by atoms with Gasteiger partial charge in [-0.1, -0.05) is 59.7 Å². The monoisotopic (exact) mass is 614 g/mol. The summed E-state index contributed by atoms with van der Waals surface area (Å²) >= 11 is 0. The van der Waals surface area contributed by atoms with Crippen molar-refractivity contribution in [3.8, 4) is 17.1 Å². The molecule has 7 rings (SSSR count). The van der Waals surface area contributed by atoms with Crippen molar-refractivity contribution in [3.05, 3.63) is 102 Å². The Labute approximate surface area is 254 Å². The molecule has 2 aromatic carbocycles. The van der Waals surface area contributed by atoms with Crippen molar-refractivity contribution in [2.45, 2.75) is 18.8 Å². The summed E-state index contributed by atoms with van der Waals surface area (Å²) in [5, 5.41) is 15.8. The maximum atomic E-state index is 13.4. The number of pyridine rings is 1. The summed E-state index contributed by atoms with van der Waals surface area (Å²) in [5.41, 5.74) is 3.01. The zero-order valence-electron chi connectivity index (χ0n) is 23.6. The van der Waals surface area contributed by atoms with Crippen LogP contribution in [0.1, 0.15) is 22.4 Å². The highest BCUT2D eigenvalue weighted by atomic mass is 19.4. The molecule has 1 fully saturated rings. The summed E-state index contributed by atoms with van der Waals surface area (Å²) in [6, 6.07) is 19.4. The number of anilines is 2. The van der Waals surface area contributed by atoms with Crippen LogP contribution in [0.5, 0.6) is 0 Å². The number of morpholine rings is 1. The van der Waals surface area contributed by atoms with Gasteiger partial charge in [0.15, 0.2) is 11.9 Å². The predicted molar refractivity (Wildman–Crippen MR) is 157 cm³/mol.